The minimum atomic E-state index is -2.23. The van der Waals surface area contributed by atoms with Crippen LogP contribution in [-0.4, -0.2) is 25.0 Å². The zero-order valence-corrected chi connectivity index (χ0v) is 20.3. The molecule has 0 aliphatic heterocycles. The van der Waals surface area contributed by atoms with Crippen LogP contribution in [0.4, 0.5) is 0 Å². The summed E-state index contributed by atoms with van der Waals surface area (Å²) in [6, 6.07) is 10.4. The van der Waals surface area contributed by atoms with Crippen molar-refractivity contribution >= 4 is 18.4 Å². The Labute approximate surface area is 167 Å². The number of rotatable bonds is 14. The van der Waals surface area contributed by atoms with Gasteiger partial charge in [-0.2, -0.15) is 0 Å². The van der Waals surface area contributed by atoms with E-state index in [2.05, 4.69) is 54.9 Å². The fourth-order valence-electron chi connectivity index (χ4n) is 3.38. The summed E-state index contributed by atoms with van der Waals surface area (Å²) in [6.07, 6.45) is 10.3. The average molecular weight is 463 g/mol. The molecule has 1 rings (SSSR count). The number of benzene rings is 1. The van der Waals surface area contributed by atoms with Crippen molar-refractivity contribution < 1.29 is 4.74 Å². The third-order valence-corrected chi connectivity index (χ3v) is 18.3. The Morgan fingerprint density at radius 2 is 1.38 bits per heavy atom. The summed E-state index contributed by atoms with van der Waals surface area (Å²) in [5.74, 6) is 3.62. The summed E-state index contributed by atoms with van der Waals surface area (Å²) in [7, 11) is 0. The standard InChI is InChI=1S/C12H13O.3C4H9.Sn/c1-2-3-7-10-13-11-12-8-5-4-6-9-12;3*1-3-4-2;/h4-6,8-9H,3,7,10-11H2;3*1,3-4H2,2H3;. The van der Waals surface area contributed by atoms with Crippen molar-refractivity contribution in [1.82, 2.24) is 0 Å². The predicted octanol–water partition coefficient (Wildman–Crippen LogP) is 7.38. The van der Waals surface area contributed by atoms with Gasteiger partial charge in [0.15, 0.2) is 0 Å². The first kappa shape index (κ1) is 23.6. The summed E-state index contributed by atoms with van der Waals surface area (Å²) >= 11 is -2.23. The van der Waals surface area contributed by atoms with Crippen LogP contribution in [-0.2, 0) is 11.3 Å². The summed E-state index contributed by atoms with van der Waals surface area (Å²) in [5.41, 5.74) is 1.26. The van der Waals surface area contributed by atoms with Gasteiger partial charge in [0.05, 0.1) is 0 Å². The molecule has 0 amide bonds. The van der Waals surface area contributed by atoms with E-state index in [4.69, 9.17) is 4.74 Å². The van der Waals surface area contributed by atoms with Gasteiger partial charge in [0.25, 0.3) is 0 Å². The normalized spacial score (nSPS) is 11.2. The van der Waals surface area contributed by atoms with Crippen molar-refractivity contribution in [3.63, 3.8) is 0 Å². The van der Waals surface area contributed by atoms with E-state index >= 15 is 0 Å². The molecule has 0 radical (unpaired) electrons. The first-order valence-electron chi connectivity index (χ1n) is 10.9. The van der Waals surface area contributed by atoms with Gasteiger partial charge in [-0.15, -0.1) is 0 Å². The maximum absolute atomic E-state index is 5.80. The van der Waals surface area contributed by atoms with Gasteiger partial charge in [-0.1, -0.05) is 0 Å². The molecular formula is C24H40OSn. The van der Waals surface area contributed by atoms with Crippen molar-refractivity contribution in [2.24, 2.45) is 0 Å². The average Bonchev–Trinajstić information content (AvgIpc) is 2.68. The van der Waals surface area contributed by atoms with E-state index < -0.39 is 18.4 Å². The fraction of sp³-hybridized carbons (Fsp3) is 0.667. The minimum absolute atomic E-state index is 0.723. The van der Waals surface area contributed by atoms with Crippen LogP contribution in [0, 0.1) is 9.86 Å². The zero-order chi connectivity index (χ0) is 18.9. The van der Waals surface area contributed by atoms with Crippen LogP contribution in [0.25, 0.3) is 0 Å². The second kappa shape index (κ2) is 15.6. The Morgan fingerprint density at radius 1 is 0.808 bits per heavy atom. The second-order valence-electron chi connectivity index (χ2n) is 7.53. The van der Waals surface area contributed by atoms with E-state index in [0.29, 0.717) is 0 Å². The molecule has 0 fully saturated rings. The monoisotopic (exact) mass is 464 g/mol. The Bertz CT molecular complexity index is 478. The molecule has 0 saturated carbocycles. The SMILES string of the molecule is CCC[CH2][Sn]([C]#CCCCOCc1ccccc1)([CH2]CCC)[CH2]CCC. The van der Waals surface area contributed by atoms with Crippen molar-refractivity contribution in [3.8, 4) is 9.86 Å². The molecule has 0 unspecified atom stereocenters. The molecule has 0 saturated heterocycles. The van der Waals surface area contributed by atoms with Gasteiger partial charge in [-0.05, 0) is 0 Å². The number of ether oxygens (including phenoxy) is 1. The Kier molecular flexibility index (Phi) is 14.1. The van der Waals surface area contributed by atoms with Gasteiger partial charge in [0, 0.05) is 0 Å². The van der Waals surface area contributed by atoms with Gasteiger partial charge in [0.2, 0.25) is 0 Å². The summed E-state index contributed by atoms with van der Waals surface area (Å²) in [4.78, 5) is 0. The van der Waals surface area contributed by atoms with E-state index in [0.717, 1.165) is 26.1 Å². The first-order chi connectivity index (χ1) is 12.8. The fourth-order valence-corrected chi connectivity index (χ4v) is 16.8. The van der Waals surface area contributed by atoms with E-state index in [1.165, 1.54) is 57.4 Å². The quantitative estimate of drug-likeness (QED) is 0.159. The van der Waals surface area contributed by atoms with Crippen molar-refractivity contribution in [3.05, 3.63) is 35.9 Å². The van der Waals surface area contributed by atoms with Crippen LogP contribution < -0.4 is 0 Å². The molecule has 1 aromatic carbocycles. The number of hydrogen-bond donors (Lipinski definition) is 0. The Morgan fingerprint density at radius 3 is 1.92 bits per heavy atom. The molecule has 0 aromatic heterocycles. The zero-order valence-electron chi connectivity index (χ0n) is 17.5. The molecule has 1 nitrogen and oxygen atoms in total. The Balaban J connectivity index is 2.44. The third-order valence-electron chi connectivity index (χ3n) is 5.08. The van der Waals surface area contributed by atoms with Gasteiger partial charge >= 0.3 is 168 Å². The Hall–Kier alpha value is -0.461. The van der Waals surface area contributed by atoms with Crippen LogP contribution in [0.1, 0.15) is 77.7 Å². The molecular weight excluding hydrogens is 423 g/mol. The number of unbranched alkanes of at least 4 members (excludes halogenated alkanes) is 4. The molecule has 0 N–H and O–H groups in total. The third kappa shape index (κ3) is 10.6. The molecule has 0 atom stereocenters. The summed E-state index contributed by atoms with van der Waals surface area (Å²) < 4.78 is 14.2. The molecule has 0 aliphatic rings. The molecule has 26 heavy (non-hydrogen) atoms. The number of hydrogen-bond acceptors (Lipinski definition) is 1. The topological polar surface area (TPSA) is 9.23 Å². The van der Waals surface area contributed by atoms with Gasteiger partial charge in [-0.25, -0.2) is 0 Å². The molecule has 0 bridgehead atoms. The molecule has 146 valence electrons. The molecule has 2 heteroatoms. The predicted molar refractivity (Wildman–Crippen MR) is 118 cm³/mol. The molecule has 0 spiro atoms. The van der Waals surface area contributed by atoms with Gasteiger partial charge in [-0.3, -0.25) is 0 Å². The van der Waals surface area contributed by atoms with Gasteiger partial charge in [0.1, 0.15) is 0 Å². The van der Waals surface area contributed by atoms with Crippen LogP contribution in [0.15, 0.2) is 30.3 Å². The molecule has 1 aromatic rings. The van der Waals surface area contributed by atoms with Crippen LogP contribution in [0.5, 0.6) is 0 Å². The van der Waals surface area contributed by atoms with E-state index in [1.807, 2.05) is 6.07 Å². The van der Waals surface area contributed by atoms with Crippen molar-refractivity contribution in [2.45, 2.75) is 92.1 Å². The van der Waals surface area contributed by atoms with E-state index in [-0.39, 0.29) is 0 Å². The maximum atomic E-state index is 5.80. The van der Waals surface area contributed by atoms with E-state index in [9.17, 15) is 0 Å². The van der Waals surface area contributed by atoms with Crippen LogP contribution >= 0.6 is 0 Å². The first-order valence-corrected chi connectivity index (χ1v) is 18.4. The molecule has 0 aliphatic carbocycles. The second-order valence-corrected chi connectivity index (χ2v) is 19.8. The van der Waals surface area contributed by atoms with Crippen molar-refractivity contribution in [2.75, 3.05) is 6.61 Å². The van der Waals surface area contributed by atoms with Gasteiger partial charge < -0.3 is 0 Å². The summed E-state index contributed by atoms with van der Waals surface area (Å²) in [5, 5.41) is 0. The van der Waals surface area contributed by atoms with Crippen LogP contribution in [0.2, 0.25) is 13.3 Å². The van der Waals surface area contributed by atoms with E-state index in [1.54, 1.807) is 0 Å². The summed E-state index contributed by atoms with van der Waals surface area (Å²) in [6.45, 7) is 8.53. The van der Waals surface area contributed by atoms with Crippen LogP contribution in [0.3, 0.4) is 0 Å². The van der Waals surface area contributed by atoms with Crippen molar-refractivity contribution in [1.29, 1.82) is 0 Å². The molecule has 0 heterocycles.